The molecule has 0 bridgehead atoms. The molecule has 0 atom stereocenters. The lowest BCUT2D eigenvalue weighted by molar-refractivity contribution is -0.909. The van der Waals surface area contributed by atoms with Gasteiger partial charge >= 0.3 is 11.9 Å². The maximum Gasteiger partial charge on any atom is 0.359 e. The van der Waals surface area contributed by atoms with E-state index in [1.54, 1.807) is 0 Å². The molecule has 0 aliphatic heterocycles. The molecule has 0 aromatic carbocycles. The van der Waals surface area contributed by atoms with Crippen molar-refractivity contribution >= 4 is 17.9 Å². The Bertz CT molecular complexity index is 566. The molecule has 0 amide bonds. The minimum atomic E-state index is -1.42. The zero-order valence-electron chi connectivity index (χ0n) is 23.4. The van der Waals surface area contributed by atoms with Crippen molar-refractivity contribution < 1.29 is 34.2 Å². The molecule has 7 nitrogen and oxygen atoms in total. The lowest BCUT2D eigenvalue weighted by Crippen LogP contribution is -2.59. The predicted molar refractivity (Wildman–Crippen MR) is 147 cm³/mol. The molecule has 7 heteroatoms. The minimum absolute atomic E-state index is 0.225. The summed E-state index contributed by atoms with van der Waals surface area (Å²) in [6.45, 7) is 2.37. The number of rotatable bonds is 29. The molecule has 37 heavy (non-hydrogen) atoms. The summed E-state index contributed by atoms with van der Waals surface area (Å²) in [5.41, 5.74) is 0. The topological polar surface area (TPSA) is 115 Å². The van der Waals surface area contributed by atoms with E-state index in [-0.39, 0.29) is 6.54 Å². The molecule has 0 aliphatic carbocycles. The summed E-state index contributed by atoms with van der Waals surface area (Å²) in [5, 5.41) is 29.3. The third kappa shape index (κ3) is 24.2. The summed E-state index contributed by atoms with van der Waals surface area (Å²) >= 11 is 0. The minimum Gasteiger partial charge on any atom is -0.544 e. The van der Waals surface area contributed by atoms with Gasteiger partial charge in [0.05, 0.1) is 12.5 Å². The number of carbonyl (C=O) groups is 3. The fourth-order valence-corrected chi connectivity index (χ4v) is 5.17. The average Bonchev–Trinajstić information content (AvgIpc) is 2.81. The first-order valence-corrected chi connectivity index (χ1v) is 14.9. The van der Waals surface area contributed by atoms with E-state index >= 15 is 0 Å². The van der Waals surface area contributed by atoms with Crippen LogP contribution in [0.2, 0.25) is 0 Å². The van der Waals surface area contributed by atoms with Crippen molar-refractivity contribution in [3.05, 3.63) is 12.7 Å². The number of hydrogen-bond donors (Lipinski definition) is 2. The van der Waals surface area contributed by atoms with E-state index in [4.69, 9.17) is 10.2 Å². The first kappa shape index (κ1) is 35.1. The molecule has 0 rings (SSSR count). The normalized spacial score (nSPS) is 11.5. The van der Waals surface area contributed by atoms with Crippen LogP contribution >= 0.6 is 0 Å². The highest BCUT2D eigenvalue weighted by Crippen LogP contribution is 2.16. The van der Waals surface area contributed by atoms with Gasteiger partial charge in [0.2, 0.25) is 0 Å². The first-order valence-electron chi connectivity index (χ1n) is 14.9. The molecule has 0 aromatic rings. The number of unbranched alkanes of at least 4 members (excludes halogenated alkanes) is 20. The van der Waals surface area contributed by atoms with Crippen LogP contribution in [0, 0.1) is 0 Å². The number of aliphatic carboxylic acids is 3. The molecule has 0 saturated carbocycles. The Balaban J connectivity index is 3.60. The molecular weight excluding hydrogens is 470 g/mol. The van der Waals surface area contributed by atoms with Crippen LogP contribution in [0.3, 0.4) is 0 Å². The molecule has 216 valence electrons. The van der Waals surface area contributed by atoms with Crippen molar-refractivity contribution in [3.63, 3.8) is 0 Å². The van der Waals surface area contributed by atoms with Crippen molar-refractivity contribution in [2.24, 2.45) is 0 Å². The molecule has 0 unspecified atom stereocenters. The number of hydrogen-bond acceptors (Lipinski definition) is 4. The zero-order chi connectivity index (χ0) is 27.6. The SMILES string of the molecule is C=CCCCCCCCCCCCCCCCCCCCCCC[N+](CC(=O)[O-])(CC(=O)O)CC(=O)O. The maximum atomic E-state index is 11.2. The Morgan fingerprint density at radius 1 is 0.541 bits per heavy atom. The summed E-state index contributed by atoms with van der Waals surface area (Å²) in [4.78, 5) is 33.4. The van der Waals surface area contributed by atoms with Gasteiger partial charge in [0.25, 0.3) is 0 Å². The molecule has 0 aliphatic rings. The maximum absolute atomic E-state index is 11.2. The van der Waals surface area contributed by atoms with Crippen LogP contribution in [0.4, 0.5) is 0 Å². The van der Waals surface area contributed by atoms with E-state index in [2.05, 4.69) is 6.58 Å². The largest absolute Gasteiger partial charge is 0.544 e. The fourth-order valence-electron chi connectivity index (χ4n) is 5.17. The quantitative estimate of drug-likeness (QED) is 0.0693. The monoisotopic (exact) mass is 525 g/mol. The molecule has 2 N–H and O–H groups in total. The van der Waals surface area contributed by atoms with E-state index in [0.717, 1.165) is 25.7 Å². The highest BCUT2D eigenvalue weighted by molar-refractivity contribution is 5.72. The number of nitrogens with zero attached hydrogens (tertiary/aromatic N) is 1. The highest BCUT2D eigenvalue weighted by atomic mass is 16.4. The summed E-state index contributed by atoms with van der Waals surface area (Å²) in [7, 11) is 0. The number of carboxylic acid groups (broad SMARTS) is 3. The van der Waals surface area contributed by atoms with Gasteiger partial charge in [-0.25, -0.2) is 9.59 Å². The van der Waals surface area contributed by atoms with Crippen LogP contribution in [0.5, 0.6) is 0 Å². The first-order chi connectivity index (χ1) is 17.8. The Labute approximate surface area is 225 Å². The van der Waals surface area contributed by atoms with Crippen molar-refractivity contribution in [3.8, 4) is 0 Å². The smallest absolute Gasteiger partial charge is 0.359 e. The standard InChI is InChI=1S/C30H55NO6/c1-2-3-4-5-6-7-8-9-10-11-12-13-14-15-16-17-18-19-20-21-22-23-24-31(25-28(32)33,26-29(34)35)27-30(36)37/h2H,1,3-27H2,(H2-,32,33,34,35,36,37). The number of carboxylic acids is 3. The van der Waals surface area contributed by atoms with Gasteiger partial charge < -0.3 is 24.6 Å². The van der Waals surface area contributed by atoms with Crippen LogP contribution < -0.4 is 5.11 Å². The second kappa shape index (κ2) is 24.4. The third-order valence-corrected chi connectivity index (χ3v) is 7.20. The van der Waals surface area contributed by atoms with E-state index in [9.17, 15) is 19.5 Å². The van der Waals surface area contributed by atoms with Gasteiger partial charge in [-0.2, -0.15) is 0 Å². The molecule has 0 saturated heterocycles. The van der Waals surface area contributed by atoms with E-state index in [1.165, 1.54) is 103 Å². The number of allylic oxidation sites excluding steroid dienone is 1. The summed E-state index contributed by atoms with van der Waals surface area (Å²) in [6.07, 6.45) is 28.1. The summed E-state index contributed by atoms with van der Waals surface area (Å²) < 4.78 is -0.496. The zero-order valence-corrected chi connectivity index (χ0v) is 23.4. The Kier molecular flexibility index (Phi) is 23.2. The predicted octanol–water partition coefficient (Wildman–Crippen LogP) is 6.10. The molecule has 0 radical (unpaired) electrons. The van der Waals surface area contributed by atoms with Gasteiger partial charge in [0.15, 0.2) is 13.1 Å². The second-order valence-corrected chi connectivity index (χ2v) is 10.8. The number of carbonyl (C=O) groups excluding carboxylic acids is 1. The fraction of sp³-hybridized carbons (Fsp3) is 0.833. The number of quaternary nitrogens is 1. The van der Waals surface area contributed by atoms with E-state index in [0.29, 0.717) is 6.42 Å². The van der Waals surface area contributed by atoms with Crippen LogP contribution in [0.15, 0.2) is 12.7 Å². The van der Waals surface area contributed by atoms with Gasteiger partial charge in [-0.1, -0.05) is 115 Å². The molecule has 0 aromatic heterocycles. The highest BCUT2D eigenvalue weighted by Gasteiger charge is 2.33. The molecular formula is C30H55NO6. The summed E-state index contributed by atoms with van der Waals surface area (Å²) in [6, 6.07) is 0. The van der Waals surface area contributed by atoms with E-state index in [1.807, 2.05) is 6.08 Å². The van der Waals surface area contributed by atoms with E-state index < -0.39 is 42.0 Å². The molecule has 0 spiro atoms. The van der Waals surface area contributed by atoms with Crippen LogP contribution in [0.1, 0.15) is 135 Å². The van der Waals surface area contributed by atoms with Gasteiger partial charge in [-0.3, -0.25) is 0 Å². The van der Waals surface area contributed by atoms with Crippen LogP contribution in [-0.2, 0) is 14.4 Å². The Hall–Kier alpha value is -1.89. The second-order valence-electron chi connectivity index (χ2n) is 10.8. The van der Waals surface area contributed by atoms with Crippen molar-refractivity contribution in [2.45, 2.75) is 135 Å². The molecule has 0 heterocycles. The van der Waals surface area contributed by atoms with Crippen molar-refractivity contribution in [1.82, 2.24) is 0 Å². The van der Waals surface area contributed by atoms with Crippen LogP contribution in [0.25, 0.3) is 0 Å². The van der Waals surface area contributed by atoms with Gasteiger partial charge in [0.1, 0.15) is 6.54 Å². The van der Waals surface area contributed by atoms with Gasteiger partial charge in [-0.05, 0) is 25.7 Å². The van der Waals surface area contributed by atoms with Gasteiger partial charge in [0, 0.05) is 0 Å². The Morgan fingerprint density at radius 3 is 1.11 bits per heavy atom. The lowest BCUT2D eigenvalue weighted by atomic mass is 10.0. The van der Waals surface area contributed by atoms with Crippen LogP contribution in [-0.4, -0.2) is 58.8 Å². The molecule has 0 fully saturated rings. The third-order valence-electron chi connectivity index (χ3n) is 7.20. The Morgan fingerprint density at radius 2 is 0.838 bits per heavy atom. The summed E-state index contributed by atoms with van der Waals surface area (Å²) in [5.74, 6) is -3.81. The van der Waals surface area contributed by atoms with Crippen molar-refractivity contribution in [2.75, 3.05) is 26.2 Å². The van der Waals surface area contributed by atoms with Gasteiger partial charge in [-0.15, -0.1) is 6.58 Å². The average molecular weight is 526 g/mol. The lowest BCUT2D eigenvalue weighted by Gasteiger charge is -2.36. The van der Waals surface area contributed by atoms with Crippen molar-refractivity contribution in [1.29, 1.82) is 0 Å².